The van der Waals surface area contributed by atoms with Gasteiger partial charge in [0.1, 0.15) is 0 Å². The Morgan fingerprint density at radius 2 is 1.00 bits per heavy atom. The highest BCUT2D eigenvalue weighted by Gasteiger charge is 2.29. The van der Waals surface area contributed by atoms with Gasteiger partial charge in [-0.3, -0.25) is 14.4 Å². The van der Waals surface area contributed by atoms with Crippen LogP contribution in [0.5, 0.6) is 0 Å². The Hall–Kier alpha value is -1.89. The van der Waals surface area contributed by atoms with E-state index in [4.69, 9.17) is 15.3 Å². The summed E-state index contributed by atoms with van der Waals surface area (Å²) >= 11 is 0. The fourth-order valence-electron chi connectivity index (χ4n) is 3.65. The Bertz CT molecular complexity index is 472. The third kappa shape index (κ3) is 17.0. The average molecular weight is 429 g/mol. The lowest BCUT2D eigenvalue weighted by atomic mass is 10.1. The van der Waals surface area contributed by atoms with Gasteiger partial charge in [-0.1, -0.05) is 64.0 Å². The van der Waals surface area contributed by atoms with Crippen molar-refractivity contribution in [1.29, 1.82) is 0 Å². The molecular weight excluding hydrogens is 386 g/mol. The van der Waals surface area contributed by atoms with Crippen LogP contribution in [-0.2, 0) is 14.4 Å². The standard InChI is InChI=1S/C23H41NO6/c1-2-3-4-5-6-7-8-9-10-11-12-13-17-24(18-14-21(25)26,19-15-22(27)28)20-16-23(29)30/h11-12H,2-10,13-20H2,1H3,(H2-,25,26,27,28,29,30)/p+1/b12-11+. The van der Waals surface area contributed by atoms with E-state index < -0.39 is 17.9 Å². The number of rotatable bonds is 21. The third-order valence-corrected chi connectivity index (χ3v) is 5.56. The molecule has 0 aliphatic carbocycles. The molecule has 0 spiro atoms. The fourth-order valence-corrected chi connectivity index (χ4v) is 3.65. The molecule has 0 radical (unpaired) electrons. The molecule has 0 bridgehead atoms. The van der Waals surface area contributed by atoms with Crippen molar-refractivity contribution in [3.05, 3.63) is 12.2 Å². The lowest BCUT2D eigenvalue weighted by molar-refractivity contribution is -0.926. The minimum absolute atomic E-state index is 0.0960. The lowest BCUT2D eigenvalue weighted by Gasteiger charge is -2.37. The summed E-state index contributed by atoms with van der Waals surface area (Å²) in [5.74, 6) is -2.85. The molecule has 0 aliphatic rings. The Morgan fingerprint density at radius 1 is 0.600 bits per heavy atom. The van der Waals surface area contributed by atoms with Crippen molar-refractivity contribution >= 4 is 17.9 Å². The zero-order valence-electron chi connectivity index (χ0n) is 18.7. The van der Waals surface area contributed by atoms with Crippen LogP contribution in [0, 0.1) is 0 Å². The van der Waals surface area contributed by atoms with Crippen LogP contribution >= 0.6 is 0 Å². The molecule has 0 saturated carbocycles. The van der Waals surface area contributed by atoms with Crippen LogP contribution in [0.3, 0.4) is 0 Å². The first-order chi connectivity index (χ1) is 14.3. The van der Waals surface area contributed by atoms with E-state index in [-0.39, 0.29) is 43.4 Å². The Balaban J connectivity index is 4.44. The molecule has 0 atom stereocenters. The van der Waals surface area contributed by atoms with Crippen molar-refractivity contribution in [2.75, 3.05) is 26.2 Å². The number of carboxylic acid groups (broad SMARTS) is 3. The molecule has 0 fully saturated rings. The zero-order chi connectivity index (χ0) is 22.7. The van der Waals surface area contributed by atoms with Gasteiger partial charge in [0.2, 0.25) is 0 Å². The zero-order valence-corrected chi connectivity index (χ0v) is 18.7. The normalized spacial score (nSPS) is 11.8. The number of unbranched alkanes of at least 4 members (excludes halogenated alkanes) is 8. The van der Waals surface area contributed by atoms with E-state index in [0.717, 1.165) is 12.8 Å². The molecule has 7 nitrogen and oxygen atoms in total. The Morgan fingerprint density at radius 3 is 1.43 bits per heavy atom. The van der Waals surface area contributed by atoms with Crippen LogP contribution < -0.4 is 0 Å². The molecule has 174 valence electrons. The number of carboxylic acids is 3. The van der Waals surface area contributed by atoms with Gasteiger partial charge in [0.15, 0.2) is 0 Å². The molecule has 0 aliphatic heterocycles. The van der Waals surface area contributed by atoms with E-state index in [0.29, 0.717) is 13.0 Å². The highest BCUT2D eigenvalue weighted by molar-refractivity contribution is 5.67. The van der Waals surface area contributed by atoms with Crippen LogP contribution in [0.1, 0.15) is 90.4 Å². The number of nitrogens with zero attached hydrogens (tertiary/aromatic N) is 1. The van der Waals surface area contributed by atoms with Gasteiger partial charge in [-0.05, 0) is 12.8 Å². The molecule has 3 N–H and O–H groups in total. The van der Waals surface area contributed by atoms with Gasteiger partial charge < -0.3 is 19.8 Å². The number of quaternary nitrogens is 1. The van der Waals surface area contributed by atoms with Crippen LogP contribution in [0.25, 0.3) is 0 Å². The molecule has 0 heterocycles. The number of carbonyl (C=O) groups is 3. The molecule has 0 amide bonds. The summed E-state index contributed by atoms with van der Waals surface area (Å²) in [6.45, 7) is 3.53. The highest BCUT2D eigenvalue weighted by Crippen LogP contribution is 2.15. The summed E-state index contributed by atoms with van der Waals surface area (Å²) in [7, 11) is 0. The van der Waals surface area contributed by atoms with Crippen LogP contribution in [0.4, 0.5) is 0 Å². The lowest BCUT2D eigenvalue weighted by Crippen LogP contribution is -2.52. The number of hydrogen-bond acceptors (Lipinski definition) is 3. The summed E-state index contributed by atoms with van der Waals surface area (Å²) in [4.78, 5) is 33.1. The third-order valence-electron chi connectivity index (χ3n) is 5.56. The van der Waals surface area contributed by atoms with E-state index in [1.54, 1.807) is 0 Å². The number of hydrogen-bond donors (Lipinski definition) is 3. The summed E-state index contributed by atoms with van der Waals surface area (Å²) < 4.78 is 0.215. The maximum absolute atomic E-state index is 11.0. The molecule has 7 heteroatoms. The quantitative estimate of drug-likeness (QED) is 0.139. The van der Waals surface area contributed by atoms with Crippen molar-refractivity contribution < 1.29 is 34.2 Å². The predicted molar refractivity (Wildman–Crippen MR) is 117 cm³/mol. The SMILES string of the molecule is CCCCCCCCCC/C=C/CC[N+](CCC(=O)O)(CCC(=O)O)CCC(=O)O. The minimum Gasteiger partial charge on any atom is -0.481 e. The number of allylic oxidation sites excluding steroid dienone is 1. The maximum Gasteiger partial charge on any atom is 0.309 e. The van der Waals surface area contributed by atoms with Gasteiger partial charge >= 0.3 is 17.9 Å². The topological polar surface area (TPSA) is 112 Å². The second kappa shape index (κ2) is 17.9. The first kappa shape index (κ1) is 28.1. The van der Waals surface area contributed by atoms with Crippen LogP contribution in [0.15, 0.2) is 12.2 Å². The van der Waals surface area contributed by atoms with Crippen molar-refractivity contribution in [1.82, 2.24) is 0 Å². The van der Waals surface area contributed by atoms with Gasteiger partial charge in [-0.15, -0.1) is 0 Å². The van der Waals surface area contributed by atoms with Crippen molar-refractivity contribution in [3.63, 3.8) is 0 Å². The van der Waals surface area contributed by atoms with Gasteiger partial charge in [-0.25, -0.2) is 0 Å². The van der Waals surface area contributed by atoms with Crippen LogP contribution in [0.2, 0.25) is 0 Å². The summed E-state index contributed by atoms with van der Waals surface area (Å²) in [5.41, 5.74) is 0. The van der Waals surface area contributed by atoms with Crippen molar-refractivity contribution in [2.24, 2.45) is 0 Å². The smallest absolute Gasteiger partial charge is 0.309 e. The van der Waals surface area contributed by atoms with Gasteiger partial charge in [-0.2, -0.15) is 0 Å². The molecule has 0 aromatic carbocycles. The van der Waals surface area contributed by atoms with Gasteiger partial charge in [0, 0.05) is 6.42 Å². The second-order valence-electron chi connectivity index (χ2n) is 8.19. The summed E-state index contributed by atoms with van der Waals surface area (Å²) in [5, 5.41) is 27.1. The first-order valence-electron chi connectivity index (χ1n) is 11.5. The van der Waals surface area contributed by atoms with E-state index in [1.165, 1.54) is 44.9 Å². The fraction of sp³-hybridized carbons (Fsp3) is 0.783. The molecule has 0 unspecified atom stereocenters. The van der Waals surface area contributed by atoms with Gasteiger partial charge in [0.25, 0.3) is 0 Å². The minimum atomic E-state index is -0.951. The molecule has 30 heavy (non-hydrogen) atoms. The molecular formula is C23H42NO6+. The molecule has 0 aromatic rings. The maximum atomic E-state index is 11.0. The monoisotopic (exact) mass is 428 g/mol. The number of aliphatic carboxylic acids is 3. The average Bonchev–Trinajstić information content (AvgIpc) is 2.69. The van der Waals surface area contributed by atoms with E-state index in [9.17, 15) is 14.4 Å². The Kier molecular flexibility index (Phi) is 16.8. The Labute approximate surface area is 181 Å². The second-order valence-corrected chi connectivity index (χ2v) is 8.19. The van der Waals surface area contributed by atoms with Gasteiger partial charge in [0.05, 0.1) is 45.4 Å². The predicted octanol–water partition coefficient (Wildman–Crippen LogP) is 4.70. The highest BCUT2D eigenvalue weighted by atomic mass is 16.4. The van der Waals surface area contributed by atoms with E-state index in [1.807, 2.05) is 0 Å². The largest absolute Gasteiger partial charge is 0.481 e. The van der Waals surface area contributed by atoms with Crippen LogP contribution in [-0.4, -0.2) is 63.9 Å². The molecule has 0 aromatic heterocycles. The summed E-state index contributed by atoms with van der Waals surface area (Å²) in [6.07, 6.45) is 15.8. The molecule has 0 rings (SSSR count). The van der Waals surface area contributed by atoms with E-state index >= 15 is 0 Å². The van der Waals surface area contributed by atoms with Crippen molar-refractivity contribution in [2.45, 2.75) is 90.4 Å². The van der Waals surface area contributed by atoms with E-state index in [2.05, 4.69) is 19.1 Å². The first-order valence-corrected chi connectivity index (χ1v) is 11.5. The van der Waals surface area contributed by atoms with Crippen molar-refractivity contribution in [3.8, 4) is 0 Å². The molecule has 0 saturated heterocycles. The summed E-state index contributed by atoms with van der Waals surface area (Å²) in [6, 6.07) is 0.